The van der Waals surface area contributed by atoms with Gasteiger partial charge >= 0.3 is 6.03 Å². The molecule has 5 heterocycles. The first-order valence-corrected chi connectivity index (χ1v) is 16.2. The second-order valence-electron chi connectivity index (χ2n) is 12.7. The van der Waals surface area contributed by atoms with E-state index < -0.39 is 0 Å². The summed E-state index contributed by atoms with van der Waals surface area (Å²) in [6.45, 7) is 12.2. The van der Waals surface area contributed by atoms with Crippen LogP contribution in [0.2, 0.25) is 0 Å². The molecular formula is C34H44N8O2. The van der Waals surface area contributed by atoms with Crippen molar-refractivity contribution in [1.29, 1.82) is 0 Å². The number of nitrogens with zero attached hydrogens (tertiary/aromatic N) is 6. The molecule has 7 rings (SSSR count). The van der Waals surface area contributed by atoms with Crippen LogP contribution < -0.4 is 15.5 Å². The van der Waals surface area contributed by atoms with Gasteiger partial charge in [-0.15, -0.1) is 0 Å². The van der Waals surface area contributed by atoms with Gasteiger partial charge in [-0.05, 0) is 74.8 Å². The fraction of sp³-hybridized carbons (Fsp3) is 0.500. The summed E-state index contributed by atoms with van der Waals surface area (Å²) in [5.41, 5.74) is 6.12. The van der Waals surface area contributed by atoms with Crippen LogP contribution in [-0.4, -0.2) is 102 Å². The van der Waals surface area contributed by atoms with Crippen LogP contribution in [0.1, 0.15) is 36.6 Å². The van der Waals surface area contributed by atoms with Gasteiger partial charge in [0.1, 0.15) is 5.82 Å². The molecule has 2 bridgehead atoms. The van der Waals surface area contributed by atoms with E-state index in [9.17, 15) is 4.79 Å². The number of anilines is 3. The smallest absolute Gasteiger partial charge is 0.323 e. The summed E-state index contributed by atoms with van der Waals surface area (Å²) in [7, 11) is 2.17. The zero-order valence-corrected chi connectivity index (χ0v) is 26.0. The minimum Gasteiger partial charge on any atom is -0.371 e. The Hall–Kier alpha value is -3.57. The number of piperazine rings is 1. The maximum atomic E-state index is 12.8. The van der Waals surface area contributed by atoms with Crippen LogP contribution in [0, 0.1) is 0 Å². The Morgan fingerprint density at radius 2 is 1.52 bits per heavy atom. The summed E-state index contributed by atoms with van der Waals surface area (Å²) < 4.78 is 6.12. The van der Waals surface area contributed by atoms with E-state index >= 15 is 0 Å². The normalized spacial score (nSPS) is 22.5. The van der Waals surface area contributed by atoms with Crippen LogP contribution in [0.4, 0.5) is 22.0 Å². The van der Waals surface area contributed by atoms with Gasteiger partial charge < -0.3 is 25.2 Å². The molecular weight excluding hydrogens is 552 g/mol. The Morgan fingerprint density at radius 3 is 2.18 bits per heavy atom. The van der Waals surface area contributed by atoms with Gasteiger partial charge in [0.25, 0.3) is 0 Å². The molecule has 10 heteroatoms. The standard InChI is InChI=1S/C34H44N8O2/c1-3-40-15-14-30-31(23-40)37-32(38-33(30)42-21-28-12-13-29(22-42)44-28)25-6-10-27(11-7-25)36-34(43)35-26-8-4-24(5-9-26)20-41-18-16-39(2)17-19-41/h4-11,28-29H,3,12-23H2,1-2H3,(H2,35,36,43). The van der Waals surface area contributed by atoms with Crippen LogP contribution in [-0.2, 0) is 24.2 Å². The number of morpholine rings is 1. The number of nitrogens with one attached hydrogen (secondary N) is 2. The molecule has 44 heavy (non-hydrogen) atoms. The highest BCUT2D eigenvalue weighted by molar-refractivity contribution is 5.99. The van der Waals surface area contributed by atoms with Gasteiger partial charge in [0.15, 0.2) is 5.82 Å². The number of amides is 2. The Morgan fingerprint density at radius 1 is 0.864 bits per heavy atom. The second-order valence-corrected chi connectivity index (χ2v) is 12.7. The van der Waals surface area contributed by atoms with Gasteiger partial charge in [0, 0.05) is 81.4 Å². The van der Waals surface area contributed by atoms with Gasteiger partial charge in [-0.25, -0.2) is 14.8 Å². The lowest BCUT2D eigenvalue weighted by molar-refractivity contribution is 0.0301. The molecule has 1 aromatic heterocycles. The maximum Gasteiger partial charge on any atom is 0.323 e. The minimum absolute atomic E-state index is 0.265. The molecule has 0 radical (unpaired) electrons. The fourth-order valence-electron chi connectivity index (χ4n) is 6.87. The van der Waals surface area contributed by atoms with E-state index in [2.05, 4.69) is 56.3 Å². The Labute approximate surface area is 260 Å². The minimum atomic E-state index is -0.265. The number of carbonyl (C=O) groups is 1. The highest BCUT2D eigenvalue weighted by Crippen LogP contribution is 2.34. The van der Waals surface area contributed by atoms with Crippen molar-refractivity contribution in [3.63, 3.8) is 0 Å². The summed E-state index contributed by atoms with van der Waals surface area (Å²) in [6, 6.07) is 15.7. The number of benzene rings is 2. The van der Waals surface area contributed by atoms with E-state index in [-0.39, 0.29) is 6.03 Å². The van der Waals surface area contributed by atoms with Crippen molar-refractivity contribution in [2.75, 3.05) is 74.9 Å². The lowest BCUT2D eigenvalue weighted by Crippen LogP contribution is -2.44. The first-order valence-electron chi connectivity index (χ1n) is 16.2. The van der Waals surface area contributed by atoms with Crippen molar-refractivity contribution in [3.8, 4) is 11.4 Å². The molecule has 3 saturated heterocycles. The van der Waals surface area contributed by atoms with Crippen molar-refractivity contribution in [2.24, 2.45) is 0 Å². The van der Waals surface area contributed by atoms with Crippen LogP contribution in [0.5, 0.6) is 0 Å². The third-order valence-electron chi connectivity index (χ3n) is 9.53. The summed E-state index contributed by atoms with van der Waals surface area (Å²) in [5, 5.41) is 5.92. The van der Waals surface area contributed by atoms with E-state index in [4.69, 9.17) is 14.7 Å². The molecule has 2 atom stereocenters. The molecule has 2 amide bonds. The molecule has 232 valence electrons. The number of rotatable bonds is 7. The number of aromatic nitrogens is 2. The average Bonchev–Trinajstić information content (AvgIpc) is 3.39. The Kier molecular flexibility index (Phi) is 8.49. The van der Waals surface area contributed by atoms with Crippen molar-refractivity contribution in [2.45, 2.75) is 51.5 Å². The first kappa shape index (κ1) is 29.2. The lowest BCUT2D eigenvalue weighted by atomic mass is 10.0. The number of hydrogen-bond acceptors (Lipinski definition) is 8. The second kappa shape index (κ2) is 12.8. The van der Waals surface area contributed by atoms with Crippen molar-refractivity contribution in [3.05, 3.63) is 65.4 Å². The molecule has 3 fully saturated rings. The van der Waals surface area contributed by atoms with E-state index in [1.54, 1.807) is 0 Å². The molecule has 0 spiro atoms. The molecule has 4 aliphatic rings. The summed E-state index contributed by atoms with van der Waals surface area (Å²) in [6.07, 6.45) is 3.84. The van der Waals surface area contributed by atoms with Crippen molar-refractivity contribution >= 4 is 23.2 Å². The highest BCUT2D eigenvalue weighted by Gasteiger charge is 2.36. The quantitative estimate of drug-likeness (QED) is 0.418. The summed E-state index contributed by atoms with van der Waals surface area (Å²) >= 11 is 0. The Balaban J connectivity index is 1.01. The SMILES string of the molecule is CCN1CCc2c(nc(-c3ccc(NC(=O)Nc4ccc(CN5CCN(C)CC5)cc4)cc3)nc2N2CC3CCC(C2)O3)C1. The van der Waals surface area contributed by atoms with E-state index in [0.717, 1.165) is 119 Å². The molecule has 4 aliphatic heterocycles. The number of likely N-dealkylation sites (N-methyl/N-ethyl adjacent to an activating group) is 2. The zero-order chi connectivity index (χ0) is 30.0. The first-order chi connectivity index (χ1) is 21.5. The predicted molar refractivity (Wildman–Crippen MR) is 174 cm³/mol. The van der Waals surface area contributed by atoms with E-state index in [1.165, 1.54) is 11.1 Å². The third kappa shape index (κ3) is 6.58. The molecule has 0 aliphatic carbocycles. The zero-order valence-electron chi connectivity index (χ0n) is 26.0. The van der Waals surface area contributed by atoms with Gasteiger partial charge in [-0.1, -0.05) is 19.1 Å². The number of carbonyl (C=O) groups excluding carboxylic acids is 1. The third-order valence-corrected chi connectivity index (χ3v) is 9.53. The van der Waals surface area contributed by atoms with Gasteiger partial charge in [-0.2, -0.15) is 0 Å². The molecule has 2 unspecified atom stereocenters. The molecule has 2 N–H and O–H groups in total. The largest absolute Gasteiger partial charge is 0.371 e. The Bertz CT molecular complexity index is 1440. The van der Waals surface area contributed by atoms with Gasteiger partial charge in [-0.3, -0.25) is 9.80 Å². The average molecular weight is 597 g/mol. The number of fused-ring (bicyclic) bond motifs is 3. The summed E-state index contributed by atoms with van der Waals surface area (Å²) in [5.74, 6) is 1.82. The van der Waals surface area contributed by atoms with Gasteiger partial charge in [0.05, 0.1) is 17.9 Å². The van der Waals surface area contributed by atoms with Gasteiger partial charge in [0.2, 0.25) is 0 Å². The van der Waals surface area contributed by atoms with Crippen LogP contribution in [0.15, 0.2) is 48.5 Å². The predicted octanol–water partition coefficient (Wildman–Crippen LogP) is 4.28. The van der Waals surface area contributed by atoms with Crippen LogP contribution in [0.3, 0.4) is 0 Å². The van der Waals surface area contributed by atoms with E-state index in [0.29, 0.717) is 12.2 Å². The topological polar surface area (TPSA) is 89.1 Å². The van der Waals surface area contributed by atoms with Crippen LogP contribution >= 0.6 is 0 Å². The van der Waals surface area contributed by atoms with Crippen LogP contribution in [0.25, 0.3) is 11.4 Å². The molecule has 0 saturated carbocycles. The number of ether oxygens (including phenoxy) is 1. The highest BCUT2D eigenvalue weighted by atomic mass is 16.5. The fourth-order valence-corrected chi connectivity index (χ4v) is 6.87. The van der Waals surface area contributed by atoms with E-state index in [1.807, 2.05) is 36.4 Å². The lowest BCUT2D eigenvalue weighted by Gasteiger charge is -2.36. The molecule has 10 nitrogen and oxygen atoms in total. The molecule has 3 aromatic rings. The maximum absolute atomic E-state index is 12.8. The summed E-state index contributed by atoms with van der Waals surface area (Å²) in [4.78, 5) is 32.7. The van der Waals surface area contributed by atoms with Crippen molar-refractivity contribution in [1.82, 2.24) is 24.7 Å². The van der Waals surface area contributed by atoms with Crippen molar-refractivity contribution < 1.29 is 9.53 Å². The number of urea groups is 1. The number of hydrogen-bond donors (Lipinski definition) is 2. The molecule has 2 aromatic carbocycles. The monoisotopic (exact) mass is 596 g/mol.